The first-order chi connectivity index (χ1) is 9.01. The summed E-state index contributed by atoms with van der Waals surface area (Å²) in [5, 5.41) is 3.58. The van der Waals surface area contributed by atoms with Crippen molar-refractivity contribution in [3.63, 3.8) is 0 Å². The van der Waals surface area contributed by atoms with Crippen molar-refractivity contribution in [1.82, 2.24) is 5.16 Å². The van der Waals surface area contributed by atoms with Crippen molar-refractivity contribution in [3.8, 4) is 5.75 Å². The number of nitrogens with zero attached hydrogens (tertiary/aromatic N) is 1. The van der Waals surface area contributed by atoms with E-state index in [1.807, 2.05) is 6.92 Å². The van der Waals surface area contributed by atoms with Crippen LogP contribution in [0.1, 0.15) is 12.7 Å². The maximum Gasteiger partial charge on any atom is 0.263 e. The van der Waals surface area contributed by atoms with Crippen LogP contribution < -0.4 is 9.46 Å². The van der Waals surface area contributed by atoms with Crippen molar-refractivity contribution in [2.24, 2.45) is 0 Å². The normalized spacial score (nSPS) is 11.3. The molecule has 102 valence electrons. The quantitative estimate of drug-likeness (QED) is 0.909. The summed E-state index contributed by atoms with van der Waals surface area (Å²) in [6.07, 6.45) is 0. The largest absolute Gasteiger partial charge is 0.494 e. The van der Waals surface area contributed by atoms with Gasteiger partial charge in [0.2, 0.25) is 0 Å². The second-order valence-electron chi connectivity index (χ2n) is 3.83. The Morgan fingerprint density at radius 2 is 2.00 bits per heavy atom. The van der Waals surface area contributed by atoms with Crippen LogP contribution in [-0.4, -0.2) is 20.2 Å². The smallest absolute Gasteiger partial charge is 0.263 e. The van der Waals surface area contributed by atoms with Crippen LogP contribution in [0.5, 0.6) is 5.75 Å². The molecule has 0 fully saturated rings. The third-order valence-electron chi connectivity index (χ3n) is 2.31. The number of hydrogen-bond donors (Lipinski definition) is 1. The predicted octanol–water partition coefficient (Wildman–Crippen LogP) is 2.18. The summed E-state index contributed by atoms with van der Waals surface area (Å²) in [5.74, 6) is 1.31. The average molecular weight is 282 g/mol. The van der Waals surface area contributed by atoms with E-state index in [4.69, 9.17) is 9.26 Å². The molecule has 2 rings (SSSR count). The minimum Gasteiger partial charge on any atom is -0.494 e. The highest BCUT2D eigenvalue weighted by molar-refractivity contribution is 7.92. The van der Waals surface area contributed by atoms with Crippen LogP contribution in [0.3, 0.4) is 0 Å². The van der Waals surface area contributed by atoms with Crippen LogP contribution >= 0.6 is 0 Å². The summed E-state index contributed by atoms with van der Waals surface area (Å²) in [5.41, 5.74) is 0. The summed E-state index contributed by atoms with van der Waals surface area (Å²) in [7, 11) is -3.66. The first kappa shape index (κ1) is 13.4. The standard InChI is InChI=1S/C12H14N2O4S/c1-3-17-10-4-6-11(7-5-10)19(15,16)14-12-8-9(2)18-13-12/h4-8H,3H2,1-2H3,(H,13,14). The molecule has 0 aliphatic rings. The molecule has 0 amide bonds. The van der Waals surface area contributed by atoms with Gasteiger partial charge in [-0.05, 0) is 38.1 Å². The van der Waals surface area contributed by atoms with E-state index in [1.165, 1.54) is 18.2 Å². The van der Waals surface area contributed by atoms with E-state index in [0.29, 0.717) is 18.1 Å². The van der Waals surface area contributed by atoms with Crippen molar-refractivity contribution in [3.05, 3.63) is 36.1 Å². The fraction of sp³-hybridized carbons (Fsp3) is 0.250. The van der Waals surface area contributed by atoms with Crippen LogP contribution in [-0.2, 0) is 10.0 Å². The van der Waals surface area contributed by atoms with E-state index >= 15 is 0 Å². The number of hydrogen-bond acceptors (Lipinski definition) is 5. The molecule has 1 aromatic carbocycles. The second kappa shape index (κ2) is 5.31. The van der Waals surface area contributed by atoms with Crippen molar-refractivity contribution in [1.29, 1.82) is 0 Å². The molecule has 0 saturated carbocycles. The van der Waals surface area contributed by atoms with Gasteiger partial charge in [-0.15, -0.1) is 0 Å². The molecule has 1 N–H and O–H groups in total. The molecule has 1 heterocycles. The Balaban J connectivity index is 2.19. The molecular formula is C12H14N2O4S. The fourth-order valence-electron chi connectivity index (χ4n) is 1.49. The summed E-state index contributed by atoms with van der Waals surface area (Å²) in [4.78, 5) is 0.136. The van der Waals surface area contributed by atoms with Gasteiger partial charge in [0.25, 0.3) is 10.0 Å². The van der Waals surface area contributed by atoms with E-state index < -0.39 is 10.0 Å². The highest BCUT2D eigenvalue weighted by Gasteiger charge is 2.16. The second-order valence-corrected chi connectivity index (χ2v) is 5.52. The van der Waals surface area contributed by atoms with Crippen molar-refractivity contribution >= 4 is 15.8 Å². The molecule has 0 spiro atoms. The topological polar surface area (TPSA) is 81.4 Å². The van der Waals surface area contributed by atoms with Gasteiger partial charge in [-0.3, -0.25) is 4.72 Å². The first-order valence-corrected chi connectivity index (χ1v) is 7.18. The van der Waals surface area contributed by atoms with E-state index in [1.54, 1.807) is 19.1 Å². The van der Waals surface area contributed by atoms with E-state index in [9.17, 15) is 8.42 Å². The highest BCUT2D eigenvalue weighted by Crippen LogP contribution is 2.19. The Kier molecular flexibility index (Phi) is 3.75. The molecule has 2 aromatic rings. The summed E-state index contributed by atoms with van der Waals surface area (Å²) >= 11 is 0. The van der Waals surface area contributed by atoms with Crippen molar-refractivity contribution < 1.29 is 17.7 Å². The zero-order valence-electron chi connectivity index (χ0n) is 10.6. The predicted molar refractivity (Wildman–Crippen MR) is 69.7 cm³/mol. The van der Waals surface area contributed by atoms with Gasteiger partial charge in [0, 0.05) is 6.07 Å². The molecule has 19 heavy (non-hydrogen) atoms. The first-order valence-electron chi connectivity index (χ1n) is 5.70. The Morgan fingerprint density at radius 1 is 1.32 bits per heavy atom. The zero-order chi connectivity index (χ0) is 13.9. The van der Waals surface area contributed by atoms with Crippen molar-refractivity contribution in [2.45, 2.75) is 18.7 Å². The van der Waals surface area contributed by atoms with Gasteiger partial charge in [-0.25, -0.2) is 8.42 Å². The number of aryl methyl sites for hydroxylation is 1. The van der Waals surface area contributed by atoms with Crippen molar-refractivity contribution in [2.75, 3.05) is 11.3 Å². The Morgan fingerprint density at radius 3 is 2.53 bits per heavy atom. The minimum absolute atomic E-state index is 0.136. The molecule has 0 radical (unpaired) electrons. The molecule has 7 heteroatoms. The van der Waals surface area contributed by atoms with Gasteiger partial charge in [0.05, 0.1) is 11.5 Å². The van der Waals surface area contributed by atoms with Crippen LogP contribution in [0, 0.1) is 6.92 Å². The zero-order valence-corrected chi connectivity index (χ0v) is 11.4. The van der Waals surface area contributed by atoms with Gasteiger partial charge in [-0.2, -0.15) is 0 Å². The monoisotopic (exact) mass is 282 g/mol. The molecule has 1 aromatic heterocycles. The lowest BCUT2D eigenvalue weighted by molar-refractivity contribution is 0.340. The summed E-state index contributed by atoms with van der Waals surface area (Å²) in [6, 6.07) is 7.66. The number of sulfonamides is 1. The third-order valence-corrected chi connectivity index (χ3v) is 3.68. The van der Waals surface area contributed by atoms with Gasteiger partial charge >= 0.3 is 0 Å². The molecule has 0 bridgehead atoms. The lowest BCUT2D eigenvalue weighted by atomic mass is 10.3. The number of ether oxygens (including phenoxy) is 1. The molecule has 6 nitrogen and oxygen atoms in total. The van der Waals surface area contributed by atoms with Gasteiger partial charge in [0.15, 0.2) is 5.82 Å². The maximum absolute atomic E-state index is 12.0. The van der Waals surface area contributed by atoms with Gasteiger partial charge in [0.1, 0.15) is 11.5 Å². The van der Waals surface area contributed by atoms with Gasteiger partial charge in [-0.1, -0.05) is 5.16 Å². The molecule has 0 aliphatic heterocycles. The SMILES string of the molecule is CCOc1ccc(S(=O)(=O)Nc2cc(C)on2)cc1. The summed E-state index contributed by atoms with van der Waals surface area (Å²) < 4.78 is 36.5. The Hall–Kier alpha value is -2.02. The van der Waals surface area contributed by atoms with Crippen LogP contribution in [0.25, 0.3) is 0 Å². The van der Waals surface area contributed by atoms with E-state index in [-0.39, 0.29) is 10.7 Å². The molecule has 0 unspecified atom stereocenters. The number of anilines is 1. The fourth-order valence-corrected chi connectivity index (χ4v) is 2.48. The molecular weight excluding hydrogens is 268 g/mol. The third kappa shape index (κ3) is 3.25. The molecule has 0 aliphatic carbocycles. The lowest BCUT2D eigenvalue weighted by Gasteiger charge is -2.06. The van der Waals surface area contributed by atoms with Crippen LogP contribution in [0.2, 0.25) is 0 Å². The van der Waals surface area contributed by atoms with Gasteiger partial charge < -0.3 is 9.26 Å². The maximum atomic E-state index is 12.0. The number of aromatic nitrogens is 1. The van der Waals surface area contributed by atoms with E-state index in [0.717, 1.165) is 0 Å². The summed E-state index contributed by atoms with van der Waals surface area (Å²) in [6.45, 7) is 4.07. The van der Waals surface area contributed by atoms with E-state index in [2.05, 4.69) is 9.88 Å². The number of rotatable bonds is 5. The van der Waals surface area contributed by atoms with Crippen LogP contribution in [0.15, 0.2) is 39.8 Å². The number of nitrogens with one attached hydrogen (secondary N) is 1. The Labute approximate surface area is 111 Å². The lowest BCUT2D eigenvalue weighted by Crippen LogP contribution is -2.13. The Bertz CT molecular complexity index is 647. The van der Waals surface area contributed by atoms with Crippen LogP contribution in [0.4, 0.5) is 5.82 Å². The highest BCUT2D eigenvalue weighted by atomic mass is 32.2. The average Bonchev–Trinajstić information content (AvgIpc) is 2.75. The minimum atomic E-state index is -3.66. The molecule has 0 atom stereocenters. The number of benzene rings is 1. The molecule has 0 saturated heterocycles.